The van der Waals surface area contributed by atoms with Crippen molar-refractivity contribution >= 4 is 27.5 Å². The van der Waals surface area contributed by atoms with Gasteiger partial charge >= 0.3 is 0 Å². The van der Waals surface area contributed by atoms with Gasteiger partial charge in [-0.25, -0.2) is 12.8 Å². The molecule has 0 saturated heterocycles. The molecule has 1 aliphatic carbocycles. The fourth-order valence-corrected chi connectivity index (χ4v) is 5.56. The van der Waals surface area contributed by atoms with E-state index in [2.05, 4.69) is 5.32 Å². The van der Waals surface area contributed by atoms with Crippen LogP contribution in [-0.4, -0.2) is 50.0 Å². The molecule has 2 aromatic rings. The fraction of sp³-hybridized carbons (Fsp3) is 0.500. The van der Waals surface area contributed by atoms with Gasteiger partial charge in [-0.15, -0.1) is 0 Å². The Morgan fingerprint density at radius 2 is 1.62 bits per heavy atom. The number of hydrogen-bond acceptors (Lipinski definition) is 4. The molecule has 7 nitrogen and oxygen atoms in total. The second kappa shape index (κ2) is 12.5. The minimum Gasteiger partial charge on any atom is -0.352 e. The van der Waals surface area contributed by atoms with Crippen LogP contribution < -0.4 is 9.62 Å². The highest BCUT2D eigenvalue weighted by molar-refractivity contribution is 7.92. The van der Waals surface area contributed by atoms with E-state index in [0.29, 0.717) is 17.7 Å². The molecule has 9 heteroatoms. The highest BCUT2D eigenvalue weighted by atomic mass is 32.2. The summed E-state index contributed by atoms with van der Waals surface area (Å²) in [7, 11) is -3.79. The van der Waals surface area contributed by atoms with Crippen LogP contribution in [0.5, 0.6) is 0 Å². The Morgan fingerprint density at radius 1 is 1.03 bits per heavy atom. The first-order valence-electron chi connectivity index (χ1n) is 12.9. The van der Waals surface area contributed by atoms with Crippen molar-refractivity contribution in [3.63, 3.8) is 0 Å². The molecule has 1 fully saturated rings. The molecule has 0 unspecified atom stereocenters. The predicted octanol–water partition coefficient (Wildman–Crippen LogP) is 4.58. The first-order valence-corrected chi connectivity index (χ1v) is 14.8. The van der Waals surface area contributed by atoms with Crippen molar-refractivity contribution in [1.82, 2.24) is 10.2 Å². The topological polar surface area (TPSA) is 86.8 Å². The van der Waals surface area contributed by atoms with Gasteiger partial charge in [-0.2, -0.15) is 0 Å². The van der Waals surface area contributed by atoms with Crippen molar-refractivity contribution in [3.05, 3.63) is 65.5 Å². The maximum Gasteiger partial charge on any atom is 0.244 e. The van der Waals surface area contributed by atoms with E-state index in [0.717, 1.165) is 41.8 Å². The van der Waals surface area contributed by atoms with E-state index in [1.807, 2.05) is 32.9 Å². The molecule has 1 aliphatic rings. The Hall–Kier alpha value is -2.94. The average Bonchev–Trinajstić information content (AvgIpc) is 3.36. The second-order valence-corrected chi connectivity index (χ2v) is 12.0. The van der Waals surface area contributed by atoms with E-state index >= 15 is 0 Å². The number of nitrogens with zero attached hydrogens (tertiary/aromatic N) is 2. The number of benzene rings is 2. The van der Waals surface area contributed by atoms with Crippen LogP contribution in [0.4, 0.5) is 10.1 Å². The number of anilines is 1. The molecule has 1 atom stereocenters. The van der Waals surface area contributed by atoms with Crippen LogP contribution in [0.2, 0.25) is 0 Å². The van der Waals surface area contributed by atoms with Crippen molar-refractivity contribution in [1.29, 1.82) is 0 Å². The second-order valence-electron chi connectivity index (χ2n) is 10.1. The molecule has 2 aromatic carbocycles. The average molecular weight is 532 g/mol. The zero-order chi connectivity index (χ0) is 27.2. The van der Waals surface area contributed by atoms with Crippen molar-refractivity contribution in [3.8, 4) is 0 Å². The van der Waals surface area contributed by atoms with Gasteiger partial charge in [-0.1, -0.05) is 57.9 Å². The number of nitrogens with one attached hydrogen (secondary N) is 1. The zero-order valence-corrected chi connectivity index (χ0v) is 22.9. The Labute approximate surface area is 220 Å². The van der Waals surface area contributed by atoms with Gasteiger partial charge in [-0.05, 0) is 60.6 Å². The maximum atomic E-state index is 13.7. The zero-order valence-electron chi connectivity index (χ0n) is 22.1. The highest BCUT2D eigenvalue weighted by Gasteiger charge is 2.33. The molecular formula is C28H38FN3O4S. The van der Waals surface area contributed by atoms with E-state index in [9.17, 15) is 22.4 Å². The summed E-state index contributed by atoms with van der Waals surface area (Å²) in [6.07, 6.45) is 5.33. The Kier molecular flexibility index (Phi) is 9.70. The summed E-state index contributed by atoms with van der Waals surface area (Å²) in [6, 6.07) is 12.1. The number of amides is 2. The Balaban J connectivity index is 1.90. The standard InChI is InChI=1S/C28H38FN3O4S/c1-5-26(28(34)30-24-8-6-7-9-24)31(18-21-10-14-23(29)15-11-21)27(33)19-32(37(4,35)36)25-16-12-22(13-17-25)20(2)3/h10-17,20,24,26H,5-9,18-19H2,1-4H3,(H,30,34)/t26-/m1/s1. The smallest absolute Gasteiger partial charge is 0.244 e. The maximum absolute atomic E-state index is 13.7. The lowest BCUT2D eigenvalue weighted by Crippen LogP contribution is -2.53. The molecule has 0 heterocycles. The molecule has 0 aromatic heterocycles. The molecule has 3 rings (SSSR count). The summed E-state index contributed by atoms with van der Waals surface area (Å²) in [5.74, 6) is -0.883. The van der Waals surface area contributed by atoms with Crippen LogP contribution in [-0.2, 0) is 26.2 Å². The number of carbonyl (C=O) groups excluding carboxylic acids is 2. The van der Waals surface area contributed by atoms with E-state index in [1.165, 1.54) is 17.0 Å². The number of hydrogen-bond donors (Lipinski definition) is 1. The van der Waals surface area contributed by atoms with Crippen LogP contribution >= 0.6 is 0 Å². The fourth-order valence-electron chi connectivity index (χ4n) is 4.71. The lowest BCUT2D eigenvalue weighted by atomic mass is 10.0. The molecule has 0 bridgehead atoms. The van der Waals surface area contributed by atoms with Gasteiger partial charge in [0.1, 0.15) is 18.4 Å². The van der Waals surface area contributed by atoms with Crippen molar-refractivity contribution in [2.45, 2.75) is 77.4 Å². The van der Waals surface area contributed by atoms with E-state index in [-0.39, 0.29) is 24.4 Å². The molecule has 202 valence electrons. The summed E-state index contributed by atoms with van der Waals surface area (Å²) in [5, 5.41) is 3.07. The summed E-state index contributed by atoms with van der Waals surface area (Å²) in [5.41, 5.74) is 2.08. The largest absolute Gasteiger partial charge is 0.352 e. The normalized spacial score (nSPS) is 15.0. The minimum absolute atomic E-state index is 0.0552. The molecule has 1 saturated carbocycles. The van der Waals surface area contributed by atoms with Gasteiger partial charge in [0.2, 0.25) is 21.8 Å². The van der Waals surface area contributed by atoms with Gasteiger partial charge in [0, 0.05) is 12.6 Å². The van der Waals surface area contributed by atoms with Crippen LogP contribution in [0, 0.1) is 5.82 Å². The molecule has 37 heavy (non-hydrogen) atoms. The first-order chi connectivity index (χ1) is 17.5. The number of rotatable bonds is 11. The summed E-state index contributed by atoms with van der Waals surface area (Å²) in [4.78, 5) is 28.4. The SMILES string of the molecule is CC[C@H](C(=O)NC1CCCC1)N(Cc1ccc(F)cc1)C(=O)CN(c1ccc(C(C)C)cc1)S(C)(=O)=O. The lowest BCUT2D eigenvalue weighted by Gasteiger charge is -2.33. The third kappa shape index (κ3) is 7.77. The molecule has 0 spiro atoms. The molecular weight excluding hydrogens is 493 g/mol. The quantitative estimate of drug-likeness (QED) is 0.460. The van der Waals surface area contributed by atoms with Crippen LogP contribution in [0.15, 0.2) is 48.5 Å². The van der Waals surface area contributed by atoms with Crippen molar-refractivity contribution < 1.29 is 22.4 Å². The van der Waals surface area contributed by atoms with Gasteiger partial charge < -0.3 is 10.2 Å². The Bertz CT molecular complexity index is 1160. The summed E-state index contributed by atoms with van der Waals surface area (Å²) < 4.78 is 40.1. The summed E-state index contributed by atoms with van der Waals surface area (Å²) >= 11 is 0. The molecule has 2 amide bonds. The number of halogens is 1. The van der Waals surface area contributed by atoms with Gasteiger partial charge in [0.15, 0.2) is 0 Å². The van der Waals surface area contributed by atoms with Crippen LogP contribution in [0.3, 0.4) is 0 Å². The molecule has 1 N–H and O–H groups in total. The minimum atomic E-state index is -3.79. The van der Waals surface area contributed by atoms with E-state index in [1.54, 1.807) is 24.3 Å². The predicted molar refractivity (Wildman–Crippen MR) is 144 cm³/mol. The van der Waals surface area contributed by atoms with E-state index in [4.69, 9.17) is 0 Å². The van der Waals surface area contributed by atoms with Crippen molar-refractivity contribution in [2.75, 3.05) is 17.1 Å². The monoisotopic (exact) mass is 531 g/mol. The molecule has 0 radical (unpaired) electrons. The number of sulfonamides is 1. The third-order valence-corrected chi connectivity index (χ3v) is 8.02. The highest BCUT2D eigenvalue weighted by Crippen LogP contribution is 2.24. The lowest BCUT2D eigenvalue weighted by molar-refractivity contribution is -0.140. The van der Waals surface area contributed by atoms with Crippen LogP contribution in [0.1, 0.15) is 69.9 Å². The number of carbonyl (C=O) groups is 2. The van der Waals surface area contributed by atoms with Gasteiger partial charge in [0.05, 0.1) is 11.9 Å². The Morgan fingerprint density at radius 3 is 2.14 bits per heavy atom. The van der Waals surface area contributed by atoms with Gasteiger partial charge in [0.25, 0.3) is 0 Å². The molecule has 0 aliphatic heterocycles. The van der Waals surface area contributed by atoms with Gasteiger partial charge in [-0.3, -0.25) is 13.9 Å². The van der Waals surface area contributed by atoms with Crippen LogP contribution in [0.25, 0.3) is 0 Å². The third-order valence-electron chi connectivity index (χ3n) is 6.88. The van der Waals surface area contributed by atoms with E-state index < -0.39 is 34.3 Å². The summed E-state index contributed by atoms with van der Waals surface area (Å²) in [6.45, 7) is 5.51. The first kappa shape index (κ1) is 28.6. The van der Waals surface area contributed by atoms with Crippen molar-refractivity contribution in [2.24, 2.45) is 0 Å².